The lowest BCUT2D eigenvalue weighted by Gasteiger charge is -2.36. The SMILES string of the molecule is CC1(C)CCCN1C(=O)C1CCCC(N)C1.Cl. The van der Waals surface area contributed by atoms with E-state index in [1.54, 1.807) is 0 Å². The second-order valence-electron chi connectivity index (χ2n) is 6.03. The predicted octanol–water partition coefficient (Wildman–Crippen LogP) is 2.33. The lowest BCUT2D eigenvalue weighted by atomic mass is 9.84. The van der Waals surface area contributed by atoms with Crippen molar-refractivity contribution < 1.29 is 4.79 Å². The van der Waals surface area contributed by atoms with Crippen molar-refractivity contribution >= 4 is 18.3 Å². The first-order valence-electron chi connectivity index (χ1n) is 6.58. The normalized spacial score (nSPS) is 32.1. The predicted molar refractivity (Wildman–Crippen MR) is 72.2 cm³/mol. The molecule has 2 atom stereocenters. The lowest BCUT2D eigenvalue weighted by Crippen LogP contribution is -2.47. The fourth-order valence-corrected chi connectivity index (χ4v) is 3.19. The summed E-state index contributed by atoms with van der Waals surface area (Å²) in [6, 6.07) is 0.244. The zero-order valence-corrected chi connectivity index (χ0v) is 11.8. The summed E-state index contributed by atoms with van der Waals surface area (Å²) >= 11 is 0. The Morgan fingerprint density at radius 2 is 2.00 bits per heavy atom. The fourth-order valence-electron chi connectivity index (χ4n) is 3.19. The van der Waals surface area contributed by atoms with Gasteiger partial charge in [-0.3, -0.25) is 4.79 Å². The molecule has 1 heterocycles. The first-order chi connectivity index (χ1) is 7.50. The molecule has 2 aliphatic rings. The van der Waals surface area contributed by atoms with E-state index in [0.717, 1.165) is 45.1 Å². The zero-order valence-electron chi connectivity index (χ0n) is 10.9. The summed E-state index contributed by atoms with van der Waals surface area (Å²) in [6.07, 6.45) is 6.43. The van der Waals surface area contributed by atoms with Crippen LogP contribution in [0.15, 0.2) is 0 Å². The largest absolute Gasteiger partial charge is 0.337 e. The number of carbonyl (C=O) groups excluding carboxylic acids is 1. The van der Waals surface area contributed by atoms with Gasteiger partial charge in [0.05, 0.1) is 0 Å². The monoisotopic (exact) mass is 260 g/mol. The van der Waals surface area contributed by atoms with Crippen LogP contribution in [0, 0.1) is 5.92 Å². The van der Waals surface area contributed by atoms with E-state index in [1.807, 2.05) is 0 Å². The Morgan fingerprint density at radius 3 is 2.53 bits per heavy atom. The highest BCUT2D eigenvalue weighted by molar-refractivity contribution is 5.85. The molecule has 0 bridgehead atoms. The molecule has 2 unspecified atom stereocenters. The van der Waals surface area contributed by atoms with Gasteiger partial charge < -0.3 is 10.6 Å². The van der Waals surface area contributed by atoms with Gasteiger partial charge in [0.1, 0.15) is 0 Å². The van der Waals surface area contributed by atoms with Crippen LogP contribution in [0.5, 0.6) is 0 Å². The average Bonchev–Trinajstić information content (AvgIpc) is 2.57. The third-order valence-corrected chi connectivity index (χ3v) is 4.23. The summed E-state index contributed by atoms with van der Waals surface area (Å²) in [5, 5.41) is 0. The molecule has 1 aliphatic carbocycles. The molecule has 100 valence electrons. The molecule has 1 saturated carbocycles. The number of amides is 1. The van der Waals surface area contributed by atoms with Crippen molar-refractivity contribution in [3.05, 3.63) is 0 Å². The van der Waals surface area contributed by atoms with Crippen LogP contribution in [-0.4, -0.2) is 28.9 Å². The van der Waals surface area contributed by atoms with Crippen molar-refractivity contribution in [3.8, 4) is 0 Å². The van der Waals surface area contributed by atoms with Crippen LogP contribution >= 0.6 is 12.4 Å². The number of nitrogens with two attached hydrogens (primary N) is 1. The molecule has 3 nitrogen and oxygen atoms in total. The van der Waals surface area contributed by atoms with Gasteiger partial charge in [0.2, 0.25) is 5.91 Å². The molecule has 0 aromatic heterocycles. The number of likely N-dealkylation sites (tertiary alicyclic amines) is 1. The fraction of sp³-hybridized carbons (Fsp3) is 0.923. The second-order valence-corrected chi connectivity index (χ2v) is 6.03. The minimum absolute atomic E-state index is 0. The summed E-state index contributed by atoms with van der Waals surface area (Å²) in [7, 11) is 0. The molecule has 1 aliphatic heterocycles. The minimum Gasteiger partial charge on any atom is -0.337 e. The van der Waals surface area contributed by atoms with Gasteiger partial charge in [-0.1, -0.05) is 6.42 Å². The van der Waals surface area contributed by atoms with Gasteiger partial charge in [0, 0.05) is 24.0 Å². The Kier molecular flexibility index (Phi) is 4.85. The molecule has 2 fully saturated rings. The maximum absolute atomic E-state index is 12.4. The minimum atomic E-state index is 0. The van der Waals surface area contributed by atoms with Crippen LogP contribution in [-0.2, 0) is 4.79 Å². The van der Waals surface area contributed by atoms with E-state index in [0.29, 0.717) is 5.91 Å². The Labute approximate surface area is 111 Å². The highest BCUT2D eigenvalue weighted by atomic mass is 35.5. The highest BCUT2D eigenvalue weighted by Crippen LogP contribution is 2.33. The molecule has 1 saturated heterocycles. The number of carbonyl (C=O) groups is 1. The van der Waals surface area contributed by atoms with Crippen molar-refractivity contribution in [2.75, 3.05) is 6.54 Å². The number of nitrogens with zero attached hydrogens (tertiary/aromatic N) is 1. The van der Waals surface area contributed by atoms with E-state index >= 15 is 0 Å². The van der Waals surface area contributed by atoms with Crippen LogP contribution in [0.3, 0.4) is 0 Å². The van der Waals surface area contributed by atoms with Gasteiger partial charge in [-0.05, 0) is 46.0 Å². The average molecular weight is 261 g/mol. The summed E-state index contributed by atoms with van der Waals surface area (Å²) in [5.41, 5.74) is 6.03. The van der Waals surface area contributed by atoms with Gasteiger partial charge >= 0.3 is 0 Å². The molecule has 0 aromatic carbocycles. The number of hydrogen-bond donors (Lipinski definition) is 1. The second kappa shape index (κ2) is 5.57. The van der Waals surface area contributed by atoms with Crippen molar-refractivity contribution in [2.24, 2.45) is 11.7 Å². The molecule has 2 rings (SSSR count). The third-order valence-electron chi connectivity index (χ3n) is 4.23. The highest BCUT2D eigenvalue weighted by Gasteiger charge is 2.39. The van der Waals surface area contributed by atoms with E-state index in [2.05, 4.69) is 18.7 Å². The topological polar surface area (TPSA) is 46.3 Å². The van der Waals surface area contributed by atoms with Crippen molar-refractivity contribution in [3.63, 3.8) is 0 Å². The van der Waals surface area contributed by atoms with Gasteiger partial charge in [0.15, 0.2) is 0 Å². The molecular formula is C13H25ClN2O. The van der Waals surface area contributed by atoms with E-state index in [1.165, 1.54) is 0 Å². The van der Waals surface area contributed by atoms with Crippen LogP contribution in [0.1, 0.15) is 52.4 Å². The van der Waals surface area contributed by atoms with Crippen LogP contribution in [0.25, 0.3) is 0 Å². The first kappa shape index (κ1) is 14.8. The van der Waals surface area contributed by atoms with Gasteiger partial charge in [-0.25, -0.2) is 0 Å². The van der Waals surface area contributed by atoms with Crippen molar-refractivity contribution in [1.82, 2.24) is 4.90 Å². The number of hydrogen-bond acceptors (Lipinski definition) is 2. The molecular weight excluding hydrogens is 236 g/mol. The summed E-state index contributed by atoms with van der Waals surface area (Å²) < 4.78 is 0. The van der Waals surface area contributed by atoms with E-state index in [9.17, 15) is 4.79 Å². The van der Waals surface area contributed by atoms with E-state index in [4.69, 9.17) is 5.73 Å². The number of rotatable bonds is 1. The maximum Gasteiger partial charge on any atom is 0.226 e. The van der Waals surface area contributed by atoms with Crippen molar-refractivity contribution in [2.45, 2.75) is 64.0 Å². The smallest absolute Gasteiger partial charge is 0.226 e. The van der Waals surface area contributed by atoms with Gasteiger partial charge in [0.25, 0.3) is 0 Å². The Balaban J connectivity index is 0.00000144. The standard InChI is InChI=1S/C13H24N2O.ClH/c1-13(2)7-4-8-15(13)12(16)10-5-3-6-11(14)9-10;/h10-11H,3-9,14H2,1-2H3;1H. The summed E-state index contributed by atoms with van der Waals surface area (Å²) in [4.78, 5) is 14.5. The van der Waals surface area contributed by atoms with E-state index < -0.39 is 0 Å². The summed E-state index contributed by atoms with van der Waals surface area (Å²) in [5.74, 6) is 0.554. The van der Waals surface area contributed by atoms with Crippen LogP contribution in [0.2, 0.25) is 0 Å². The Bertz CT molecular complexity index is 281. The van der Waals surface area contributed by atoms with Gasteiger partial charge in [-0.2, -0.15) is 0 Å². The molecule has 1 amide bonds. The summed E-state index contributed by atoms with van der Waals surface area (Å²) in [6.45, 7) is 5.30. The molecule has 0 spiro atoms. The van der Waals surface area contributed by atoms with Crippen molar-refractivity contribution in [1.29, 1.82) is 0 Å². The quantitative estimate of drug-likeness (QED) is 0.787. The third kappa shape index (κ3) is 3.14. The van der Waals surface area contributed by atoms with Crippen LogP contribution in [0.4, 0.5) is 0 Å². The van der Waals surface area contributed by atoms with Gasteiger partial charge in [-0.15, -0.1) is 12.4 Å². The lowest BCUT2D eigenvalue weighted by molar-refractivity contribution is -0.140. The van der Waals surface area contributed by atoms with Crippen LogP contribution < -0.4 is 5.73 Å². The molecule has 4 heteroatoms. The zero-order chi connectivity index (χ0) is 11.8. The molecule has 17 heavy (non-hydrogen) atoms. The maximum atomic E-state index is 12.4. The Morgan fingerprint density at radius 1 is 1.29 bits per heavy atom. The molecule has 0 aromatic rings. The Hall–Kier alpha value is -0.280. The van der Waals surface area contributed by atoms with E-state index in [-0.39, 0.29) is 29.9 Å². The number of halogens is 1. The first-order valence-corrected chi connectivity index (χ1v) is 6.58. The molecule has 2 N–H and O–H groups in total. The molecule has 0 radical (unpaired) electrons.